The number of benzene rings is 3. The Bertz CT molecular complexity index is 1640. The maximum atomic E-state index is 11.7. The fourth-order valence-corrected chi connectivity index (χ4v) is 5.54. The molecule has 41 heavy (non-hydrogen) atoms. The summed E-state index contributed by atoms with van der Waals surface area (Å²) in [6.07, 6.45) is 6.85. The number of nitrogens with zero attached hydrogens (tertiary/aromatic N) is 2. The van der Waals surface area contributed by atoms with E-state index in [1.165, 1.54) is 33.3 Å². The molecule has 2 heterocycles. The minimum Gasteiger partial charge on any atom is -0.512 e. The number of fused-ring (bicyclic) bond motifs is 5. The summed E-state index contributed by atoms with van der Waals surface area (Å²) in [5, 5.41) is 13.5. The average Bonchev–Trinajstić information content (AvgIpc) is 3.39. The van der Waals surface area contributed by atoms with Crippen molar-refractivity contribution in [1.82, 2.24) is 9.38 Å². The number of carbonyl (C=O) groups excluding carboxylic acids is 1. The Balaban J connectivity index is 0.000000253. The SMILES string of the molecule is CCC(CC)C(=O)C=C(O)C(CC)CC.Cc1[c-]c(-c2ncc3ccc4c5ccccc5ccc4n23)cc(C)c1.[Ir]. The molecule has 3 aromatic carbocycles. The van der Waals surface area contributed by atoms with Crippen LogP contribution < -0.4 is 0 Å². The summed E-state index contributed by atoms with van der Waals surface area (Å²) in [5.74, 6) is 1.49. The van der Waals surface area contributed by atoms with Crippen molar-refractivity contribution >= 4 is 33.0 Å². The molecule has 2 aromatic heterocycles. The van der Waals surface area contributed by atoms with E-state index in [-0.39, 0.29) is 43.5 Å². The molecule has 0 unspecified atom stereocenters. The monoisotopic (exact) mass is 726 g/mol. The van der Waals surface area contributed by atoms with Gasteiger partial charge in [-0.15, -0.1) is 34.9 Å². The zero-order chi connectivity index (χ0) is 28.8. The van der Waals surface area contributed by atoms with Gasteiger partial charge in [-0.05, 0) is 48.6 Å². The zero-order valence-corrected chi connectivity index (χ0v) is 27.4. The molecule has 0 amide bonds. The van der Waals surface area contributed by atoms with Crippen LogP contribution in [-0.2, 0) is 24.9 Å². The maximum absolute atomic E-state index is 11.7. The molecule has 1 N–H and O–H groups in total. The largest absolute Gasteiger partial charge is 0.512 e. The molecule has 1 radical (unpaired) electrons. The number of pyridine rings is 1. The average molecular weight is 726 g/mol. The van der Waals surface area contributed by atoms with Crippen LogP contribution in [0.15, 0.2) is 78.7 Å². The third-order valence-electron chi connectivity index (χ3n) is 7.87. The molecule has 0 bridgehead atoms. The molecule has 0 saturated carbocycles. The Morgan fingerprint density at radius 2 is 1.59 bits per heavy atom. The van der Waals surface area contributed by atoms with Gasteiger partial charge in [-0.1, -0.05) is 77.9 Å². The zero-order valence-electron chi connectivity index (χ0n) is 25.0. The van der Waals surface area contributed by atoms with Gasteiger partial charge in [-0.25, -0.2) is 0 Å². The van der Waals surface area contributed by atoms with E-state index >= 15 is 0 Å². The summed E-state index contributed by atoms with van der Waals surface area (Å²) in [7, 11) is 0. The standard InChI is InChI=1S/C23H17N2.C13H24O2.Ir/c1-15-11-16(2)13-18(12-15)23-24-14-19-8-9-21-20-6-4-3-5-17(20)7-10-22(21)25(19)23;1-5-10(6-2)12(14)9-13(15)11(7-3)8-4;/h3-12,14H,1-2H3;9-11,14H,5-8H2,1-4H3;/q-1;;. The van der Waals surface area contributed by atoms with Crippen molar-refractivity contribution in [1.29, 1.82) is 0 Å². The predicted molar refractivity (Wildman–Crippen MR) is 168 cm³/mol. The normalized spacial score (nSPS) is 11.7. The second-order valence-electron chi connectivity index (χ2n) is 10.6. The number of aliphatic hydroxyl groups is 1. The molecule has 5 aromatic rings. The fraction of sp³-hybridized carbons (Fsp3) is 0.333. The topological polar surface area (TPSA) is 54.6 Å². The molecule has 0 aliphatic rings. The first-order chi connectivity index (χ1) is 19.3. The quantitative estimate of drug-likeness (QED) is 0.0751. The third kappa shape index (κ3) is 7.15. The van der Waals surface area contributed by atoms with Crippen LogP contribution in [0.2, 0.25) is 0 Å². The van der Waals surface area contributed by atoms with Gasteiger partial charge >= 0.3 is 0 Å². The maximum Gasteiger partial charge on any atom is 0.162 e. The Morgan fingerprint density at radius 3 is 2.24 bits per heavy atom. The molecular weight excluding hydrogens is 685 g/mol. The Kier molecular flexibility index (Phi) is 11.5. The minimum atomic E-state index is 0. The Hall–Kier alpha value is -3.27. The summed E-state index contributed by atoms with van der Waals surface area (Å²) in [6.45, 7) is 12.3. The fourth-order valence-electron chi connectivity index (χ4n) is 5.54. The van der Waals surface area contributed by atoms with E-state index in [4.69, 9.17) is 4.98 Å². The van der Waals surface area contributed by atoms with Gasteiger partial charge in [0.1, 0.15) is 0 Å². The van der Waals surface area contributed by atoms with Crippen molar-refractivity contribution < 1.29 is 30.0 Å². The van der Waals surface area contributed by atoms with E-state index in [0.29, 0.717) is 0 Å². The first-order valence-electron chi connectivity index (χ1n) is 14.5. The van der Waals surface area contributed by atoms with Gasteiger partial charge in [-0.3, -0.25) is 9.78 Å². The van der Waals surface area contributed by atoms with Gasteiger partial charge in [0.15, 0.2) is 5.78 Å². The van der Waals surface area contributed by atoms with Crippen LogP contribution in [0.3, 0.4) is 0 Å². The van der Waals surface area contributed by atoms with Crippen molar-refractivity contribution in [3.05, 3.63) is 95.9 Å². The van der Waals surface area contributed by atoms with Crippen LogP contribution in [0.1, 0.15) is 64.5 Å². The summed E-state index contributed by atoms with van der Waals surface area (Å²) in [4.78, 5) is 16.4. The van der Waals surface area contributed by atoms with Gasteiger partial charge in [0.05, 0.1) is 17.1 Å². The van der Waals surface area contributed by atoms with E-state index in [1.807, 2.05) is 33.9 Å². The number of hydrogen-bond donors (Lipinski definition) is 1. The van der Waals surface area contributed by atoms with Crippen LogP contribution in [0.4, 0.5) is 0 Å². The van der Waals surface area contributed by atoms with E-state index in [0.717, 1.165) is 48.2 Å². The molecule has 4 nitrogen and oxygen atoms in total. The van der Waals surface area contributed by atoms with Crippen molar-refractivity contribution in [3.8, 4) is 11.4 Å². The molecule has 0 aliphatic carbocycles. The van der Waals surface area contributed by atoms with Gasteiger partial charge in [0.2, 0.25) is 0 Å². The molecule has 0 fully saturated rings. The number of hydrogen-bond acceptors (Lipinski definition) is 3. The first-order valence-corrected chi connectivity index (χ1v) is 14.5. The van der Waals surface area contributed by atoms with Crippen molar-refractivity contribution in [2.45, 2.75) is 67.2 Å². The van der Waals surface area contributed by atoms with Crippen LogP contribution in [0.25, 0.3) is 38.6 Å². The summed E-state index contributed by atoms with van der Waals surface area (Å²) >= 11 is 0. The van der Waals surface area contributed by atoms with Gasteiger partial charge < -0.3 is 9.51 Å². The molecule has 0 spiro atoms. The smallest absolute Gasteiger partial charge is 0.162 e. The summed E-state index contributed by atoms with van der Waals surface area (Å²) < 4.78 is 2.24. The van der Waals surface area contributed by atoms with Gasteiger partial charge in [0.25, 0.3) is 0 Å². The van der Waals surface area contributed by atoms with Crippen molar-refractivity contribution in [2.24, 2.45) is 11.8 Å². The third-order valence-corrected chi connectivity index (χ3v) is 7.87. The summed E-state index contributed by atoms with van der Waals surface area (Å²) in [5.41, 5.74) is 5.69. The number of aryl methyl sites for hydroxylation is 2. The second-order valence-corrected chi connectivity index (χ2v) is 10.6. The Labute approximate surface area is 257 Å². The van der Waals surface area contributed by atoms with Crippen molar-refractivity contribution in [2.75, 3.05) is 0 Å². The van der Waals surface area contributed by atoms with Crippen molar-refractivity contribution in [3.63, 3.8) is 0 Å². The van der Waals surface area contributed by atoms with Crippen LogP contribution in [0.5, 0.6) is 0 Å². The molecule has 5 heteroatoms. The number of carbonyl (C=O) groups is 1. The minimum absolute atomic E-state index is 0. The number of ketones is 1. The second kappa shape index (κ2) is 14.6. The van der Waals surface area contributed by atoms with E-state index < -0.39 is 0 Å². The number of imidazole rings is 1. The van der Waals surface area contributed by atoms with Gasteiger partial charge in [0, 0.05) is 55.1 Å². The van der Waals surface area contributed by atoms with Crippen LogP contribution in [-0.4, -0.2) is 20.3 Å². The van der Waals surface area contributed by atoms with Crippen LogP contribution >= 0.6 is 0 Å². The summed E-state index contributed by atoms with van der Waals surface area (Å²) in [6, 6.07) is 25.0. The van der Waals surface area contributed by atoms with Crippen LogP contribution in [0, 0.1) is 31.7 Å². The molecule has 0 atom stereocenters. The number of aliphatic hydroxyl groups excluding tert-OH is 1. The number of allylic oxidation sites excluding steroid dienone is 2. The van der Waals surface area contributed by atoms with Gasteiger partial charge in [-0.2, -0.15) is 0 Å². The molecule has 0 aliphatic heterocycles. The van der Waals surface area contributed by atoms with E-state index in [2.05, 4.69) is 85.0 Å². The predicted octanol–water partition coefficient (Wildman–Crippen LogP) is 9.59. The number of rotatable bonds is 8. The molecule has 5 rings (SSSR count). The Morgan fingerprint density at radius 1 is 0.902 bits per heavy atom. The first kappa shape index (κ1) is 32.2. The molecular formula is C36H41IrN2O2-. The number of aromatic nitrogens is 2. The van der Waals surface area contributed by atoms with E-state index in [9.17, 15) is 9.90 Å². The molecule has 217 valence electrons. The molecule has 0 saturated heterocycles. The van der Waals surface area contributed by atoms with E-state index in [1.54, 1.807) is 0 Å².